The average molecular weight is 275 g/mol. The van der Waals surface area contributed by atoms with Crippen LogP contribution in [0.15, 0.2) is 36.9 Å². The van der Waals surface area contributed by atoms with E-state index in [1.807, 2.05) is 12.5 Å². The third-order valence-corrected chi connectivity index (χ3v) is 4.61. The second-order valence-electron chi connectivity index (χ2n) is 5.79. The molecule has 0 saturated carbocycles. The lowest BCUT2D eigenvalue weighted by Crippen LogP contribution is -2.21. The van der Waals surface area contributed by atoms with Gasteiger partial charge in [-0.1, -0.05) is 18.2 Å². The molecule has 0 bridgehead atoms. The van der Waals surface area contributed by atoms with E-state index in [-0.39, 0.29) is 12.4 Å². The maximum absolute atomic E-state index is 4.14. The van der Waals surface area contributed by atoms with E-state index in [0.29, 0.717) is 0 Å². The van der Waals surface area contributed by atoms with Crippen LogP contribution in [0.25, 0.3) is 0 Å². The number of hydrogen-bond donors (Lipinski definition) is 0. The van der Waals surface area contributed by atoms with E-state index in [4.69, 9.17) is 0 Å². The summed E-state index contributed by atoms with van der Waals surface area (Å²) in [7, 11) is 0. The highest BCUT2D eigenvalue weighted by atomic mass is 35.5. The van der Waals surface area contributed by atoms with E-state index in [9.17, 15) is 0 Å². The molecule has 0 aliphatic heterocycles. The van der Waals surface area contributed by atoms with Crippen LogP contribution in [0.4, 0.5) is 0 Å². The van der Waals surface area contributed by atoms with Crippen LogP contribution in [0.1, 0.15) is 35.4 Å². The van der Waals surface area contributed by atoms with Crippen LogP contribution < -0.4 is 0 Å². The zero-order valence-corrected chi connectivity index (χ0v) is 11.8. The molecule has 0 radical (unpaired) electrons. The highest BCUT2D eigenvalue weighted by molar-refractivity contribution is 5.85. The number of aromatic nitrogens is 2. The van der Waals surface area contributed by atoms with Crippen molar-refractivity contribution in [2.24, 2.45) is 5.92 Å². The molecule has 2 aliphatic carbocycles. The Morgan fingerprint density at radius 1 is 1.26 bits per heavy atom. The van der Waals surface area contributed by atoms with Gasteiger partial charge in [0, 0.05) is 18.9 Å². The number of halogens is 1. The fourth-order valence-electron chi connectivity index (χ4n) is 3.93. The normalized spacial score (nSPS) is 23.8. The molecule has 4 rings (SSSR count). The van der Waals surface area contributed by atoms with Gasteiger partial charge in [0.15, 0.2) is 0 Å². The van der Waals surface area contributed by atoms with Crippen molar-refractivity contribution in [3.63, 3.8) is 0 Å². The summed E-state index contributed by atoms with van der Waals surface area (Å²) < 4.78 is 2.23. The molecule has 2 aromatic rings. The van der Waals surface area contributed by atoms with Crippen molar-refractivity contribution < 1.29 is 0 Å². The summed E-state index contributed by atoms with van der Waals surface area (Å²) in [5.41, 5.74) is 4.95. The first-order valence-corrected chi connectivity index (χ1v) is 6.96. The molecule has 19 heavy (non-hydrogen) atoms. The Kier molecular flexibility index (Phi) is 3.36. The first-order valence-electron chi connectivity index (χ1n) is 6.96. The summed E-state index contributed by atoms with van der Waals surface area (Å²) in [5.74, 6) is 1.61. The van der Waals surface area contributed by atoms with Gasteiger partial charge in [0.1, 0.15) is 0 Å². The number of benzene rings is 1. The molecule has 0 unspecified atom stereocenters. The number of hydrogen-bond acceptors (Lipinski definition) is 1. The van der Waals surface area contributed by atoms with Gasteiger partial charge in [0.05, 0.1) is 6.33 Å². The zero-order chi connectivity index (χ0) is 11.9. The van der Waals surface area contributed by atoms with Crippen molar-refractivity contribution in [3.05, 3.63) is 53.6 Å². The van der Waals surface area contributed by atoms with E-state index in [0.717, 1.165) is 18.4 Å². The SMILES string of the molecule is Cl.c1cc2c3c(c1)C[C@@H](Cn1ccnc1)C[C@@H]3CC2. The first kappa shape index (κ1) is 12.7. The molecular formula is C16H19ClN2. The van der Waals surface area contributed by atoms with Crippen LogP contribution in [-0.2, 0) is 19.4 Å². The van der Waals surface area contributed by atoms with E-state index in [1.54, 1.807) is 16.7 Å². The Morgan fingerprint density at radius 2 is 2.16 bits per heavy atom. The molecule has 1 heterocycles. The Bertz CT molecular complexity index is 562. The molecule has 0 spiro atoms. The minimum Gasteiger partial charge on any atom is -0.337 e. The van der Waals surface area contributed by atoms with Gasteiger partial charge in [-0.05, 0) is 54.2 Å². The van der Waals surface area contributed by atoms with Crippen LogP contribution in [-0.4, -0.2) is 9.55 Å². The maximum Gasteiger partial charge on any atom is 0.0945 e. The smallest absolute Gasteiger partial charge is 0.0945 e. The summed E-state index contributed by atoms with van der Waals surface area (Å²) in [4.78, 5) is 4.14. The van der Waals surface area contributed by atoms with Crippen molar-refractivity contribution in [1.82, 2.24) is 9.55 Å². The minimum atomic E-state index is 0. The van der Waals surface area contributed by atoms with Crippen molar-refractivity contribution in [3.8, 4) is 0 Å². The molecule has 0 amide bonds. The van der Waals surface area contributed by atoms with Gasteiger partial charge in [0.25, 0.3) is 0 Å². The Balaban J connectivity index is 0.00000110. The minimum absolute atomic E-state index is 0. The maximum atomic E-state index is 4.14. The largest absolute Gasteiger partial charge is 0.337 e. The Morgan fingerprint density at radius 3 is 3.00 bits per heavy atom. The van der Waals surface area contributed by atoms with Crippen molar-refractivity contribution >= 4 is 12.4 Å². The third kappa shape index (κ3) is 2.18. The molecule has 2 atom stereocenters. The molecule has 1 aromatic heterocycles. The molecule has 0 fully saturated rings. The van der Waals surface area contributed by atoms with Crippen LogP contribution in [0.5, 0.6) is 0 Å². The lowest BCUT2D eigenvalue weighted by Gasteiger charge is -2.29. The van der Waals surface area contributed by atoms with Crippen molar-refractivity contribution in [2.45, 2.75) is 38.1 Å². The van der Waals surface area contributed by atoms with Gasteiger partial charge >= 0.3 is 0 Å². The quantitative estimate of drug-likeness (QED) is 0.818. The van der Waals surface area contributed by atoms with Gasteiger partial charge in [-0.15, -0.1) is 12.4 Å². The predicted octanol–water partition coefficient (Wildman–Crippen LogP) is 3.60. The van der Waals surface area contributed by atoms with Crippen LogP contribution in [0.2, 0.25) is 0 Å². The number of imidazole rings is 1. The molecule has 1 aromatic carbocycles. The van der Waals surface area contributed by atoms with Gasteiger partial charge in [-0.25, -0.2) is 4.98 Å². The van der Waals surface area contributed by atoms with Crippen molar-refractivity contribution in [2.75, 3.05) is 0 Å². The van der Waals surface area contributed by atoms with Crippen LogP contribution >= 0.6 is 12.4 Å². The summed E-state index contributed by atoms with van der Waals surface area (Å²) in [5, 5.41) is 0. The second kappa shape index (κ2) is 5.01. The van der Waals surface area contributed by atoms with Gasteiger partial charge in [0.2, 0.25) is 0 Å². The second-order valence-corrected chi connectivity index (χ2v) is 5.79. The number of nitrogens with zero attached hydrogens (tertiary/aromatic N) is 2. The molecule has 2 aliphatic rings. The van der Waals surface area contributed by atoms with Crippen molar-refractivity contribution in [1.29, 1.82) is 0 Å². The highest BCUT2D eigenvalue weighted by Crippen LogP contribution is 2.44. The average Bonchev–Trinajstić information content (AvgIpc) is 3.01. The molecule has 100 valence electrons. The molecule has 3 heteroatoms. The fourth-order valence-corrected chi connectivity index (χ4v) is 3.93. The number of rotatable bonds is 2. The monoisotopic (exact) mass is 274 g/mol. The van der Waals surface area contributed by atoms with E-state index >= 15 is 0 Å². The molecule has 0 saturated heterocycles. The van der Waals surface area contributed by atoms with Crippen LogP contribution in [0, 0.1) is 5.92 Å². The lowest BCUT2D eigenvalue weighted by molar-refractivity contribution is 0.356. The highest BCUT2D eigenvalue weighted by Gasteiger charge is 2.32. The van der Waals surface area contributed by atoms with Gasteiger partial charge in [-0.2, -0.15) is 0 Å². The molecule has 0 N–H and O–H groups in total. The summed E-state index contributed by atoms with van der Waals surface area (Å²) in [6.07, 6.45) is 11.2. The predicted molar refractivity (Wildman–Crippen MR) is 78.8 cm³/mol. The van der Waals surface area contributed by atoms with E-state index < -0.39 is 0 Å². The Labute approximate surface area is 120 Å². The fraction of sp³-hybridized carbons (Fsp3) is 0.438. The Hall–Kier alpha value is -1.28. The topological polar surface area (TPSA) is 17.8 Å². The molecular weight excluding hydrogens is 256 g/mol. The standard InChI is InChI=1S/C16H18N2.ClH/c1-2-13-4-5-15-9-12(8-14(3-1)16(13)15)10-18-7-6-17-11-18;/h1-3,6-7,11-12,15H,4-5,8-10H2;1H/t12-,15+;/m1./s1. The summed E-state index contributed by atoms with van der Waals surface area (Å²) >= 11 is 0. The van der Waals surface area contributed by atoms with Gasteiger partial charge in [-0.3, -0.25) is 0 Å². The summed E-state index contributed by atoms with van der Waals surface area (Å²) in [6.45, 7) is 1.13. The lowest BCUT2D eigenvalue weighted by atomic mass is 9.78. The zero-order valence-electron chi connectivity index (χ0n) is 11.0. The van der Waals surface area contributed by atoms with E-state index in [2.05, 4.69) is 33.9 Å². The van der Waals surface area contributed by atoms with Crippen LogP contribution in [0.3, 0.4) is 0 Å². The van der Waals surface area contributed by atoms with E-state index in [1.165, 1.54) is 25.7 Å². The number of aryl methyl sites for hydroxylation is 1. The molecule has 2 nitrogen and oxygen atoms in total. The third-order valence-electron chi connectivity index (χ3n) is 4.61. The first-order chi connectivity index (χ1) is 8.90. The van der Waals surface area contributed by atoms with Gasteiger partial charge < -0.3 is 4.57 Å². The summed E-state index contributed by atoms with van der Waals surface area (Å²) in [6, 6.07) is 6.92.